The molecular formula is C23H22N8O2. The number of rotatable bonds is 6. The lowest BCUT2D eigenvalue weighted by Gasteiger charge is -2.06. The molecule has 33 heavy (non-hydrogen) atoms. The lowest BCUT2D eigenvalue weighted by Crippen LogP contribution is -2.16. The molecule has 4 aromatic rings. The van der Waals surface area contributed by atoms with E-state index in [1.165, 1.54) is 0 Å². The fourth-order valence-corrected chi connectivity index (χ4v) is 3.87. The van der Waals surface area contributed by atoms with Crippen molar-refractivity contribution >= 4 is 28.3 Å². The number of anilines is 1. The summed E-state index contributed by atoms with van der Waals surface area (Å²) in [5, 5.41) is 9.98. The first-order valence-electron chi connectivity index (χ1n) is 10.5. The van der Waals surface area contributed by atoms with Gasteiger partial charge in [-0.2, -0.15) is 5.10 Å². The lowest BCUT2D eigenvalue weighted by molar-refractivity contribution is -0.112. The number of aryl methyl sites for hydroxylation is 1. The minimum atomic E-state index is -0.246. The quantitative estimate of drug-likeness (QED) is 0.419. The van der Waals surface area contributed by atoms with Gasteiger partial charge in [-0.25, -0.2) is 4.98 Å². The predicted octanol–water partition coefficient (Wildman–Crippen LogP) is 3.42. The number of allylic oxidation sites excluding steroid dienone is 1. The number of methoxy groups -OCH3 is 1. The third kappa shape index (κ3) is 3.75. The highest BCUT2D eigenvalue weighted by molar-refractivity contribution is 6.14. The zero-order chi connectivity index (χ0) is 22.9. The molecule has 4 heterocycles. The number of carbonyl (C=O) groups excluding carboxylic acids is 1. The Balaban J connectivity index is 1.39. The van der Waals surface area contributed by atoms with Crippen LogP contribution in [0, 0.1) is 0 Å². The third-order valence-electron chi connectivity index (χ3n) is 5.61. The summed E-state index contributed by atoms with van der Waals surface area (Å²) in [5.74, 6) is 1.12. The van der Waals surface area contributed by atoms with E-state index in [4.69, 9.17) is 4.74 Å². The molecule has 0 fully saturated rings. The van der Waals surface area contributed by atoms with Gasteiger partial charge in [0.1, 0.15) is 17.1 Å². The molecule has 0 spiro atoms. The van der Waals surface area contributed by atoms with Gasteiger partial charge in [0.15, 0.2) is 5.82 Å². The van der Waals surface area contributed by atoms with Gasteiger partial charge < -0.3 is 15.0 Å². The number of H-pyrrole nitrogens is 2. The number of hydrogen-bond donors (Lipinski definition) is 3. The van der Waals surface area contributed by atoms with Crippen molar-refractivity contribution in [2.24, 2.45) is 4.99 Å². The molecule has 10 nitrogen and oxygen atoms in total. The number of hydrogen-bond acceptors (Lipinski definition) is 7. The van der Waals surface area contributed by atoms with Crippen molar-refractivity contribution in [3.8, 4) is 17.3 Å². The van der Waals surface area contributed by atoms with Gasteiger partial charge in [0.2, 0.25) is 0 Å². The molecule has 10 heteroatoms. The van der Waals surface area contributed by atoms with E-state index < -0.39 is 0 Å². The number of nitrogens with zero attached hydrogens (tertiary/aromatic N) is 5. The first-order valence-corrected chi connectivity index (χ1v) is 10.5. The number of ether oxygens (including phenoxy) is 1. The zero-order valence-corrected chi connectivity index (χ0v) is 18.4. The van der Waals surface area contributed by atoms with Crippen LogP contribution in [-0.4, -0.2) is 48.9 Å². The van der Waals surface area contributed by atoms with E-state index in [1.54, 1.807) is 31.9 Å². The summed E-state index contributed by atoms with van der Waals surface area (Å²) in [6, 6.07) is 3.93. The zero-order valence-electron chi connectivity index (χ0n) is 18.4. The smallest absolute Gasteiger partial charge is 0.253 e. The first-order chi connectivity index (χ1) is 16.1. The van der Waals surface area contributed by atoms with E-state index >= 15 is 0 Å². The molecule has 5 rings (SSSR count). The molecule has 1 amide bonds. The van der Waals surface area contributed by atoms with Gasteiger partial charge in [0, 0.05) is 36.2 Å². The second kappa shape index (κ2) is 8.30. The summed E-state index contributed by atoms with van der Waals surface area (Å²) in [7, 11) is 1.65. The van der Waals surface area contributed by atoms with E-state index in [1.807, 2.05) is 19.1 Å². The van der Waals surface area contributed by atoms with Crippen LogP contribution in [-0.2, 0) is 11.2 Å². The number of benzene rings is 1. The molecule has 1 aliphatic rings. The lowest BCUT2D eigenvalue weighted by atomic mass is 10.1. The molecule has 0 unspecified atom stereocenters. The molecule has 0 saturated carbocycles. The summed E-state index contributed by atoms with van der Waals surface area (Å²) < 4.78 is 5.47. The largest absolute Gasteiger partial charge is 0.496 e. The van der Waals surface area contributed by atoms with E-state index in [9.17, 15) is 4.79 Å². The van der Waals surface area contributed by atoms with Gasteiger partial charge in [-0.3, -0.25) is 24.9 Å². The van der Waals surface area contributed by atoms with Gasteiger partial charge >= 0.3 is 0 Å². The van der Waals surface area contributed by atoms with Gasteiger partial charge in [-0.15, -0.1) is 0 Å². The number of imidazole rings is 1. The summed E-state index contributed by atoms with van der Waals surface area (Å²) in [4.78, 5) is 33.9. The number of amides is 1. The van der Waals surface area contributed by atoms with Crippen LogP contribution < -0.4 is 10.1 Å². The van der Waals surface area contributed by atoms with Crippen LogP contribution in [0.2, 0.25) is 0 Å². The van der Waals surface area contributed by atoms with Gasteiger partial charge in [0.05, 0.1) is 41.9 Å². The SMILES string of the molecule is CCc1cc2[nH]c(-c3[nH]ncc3NC(=O)C3=C(C)N=C(c4cnccn4)C3)nc2cc1OC. The molecular weight excluding hydrogens is 420 g/mol. The molecule has 0 bridgehead atoms. The summed E-state index contributed by atoms with van der Waals surface area (Å²) in [6.07, 6.45) is 7.63. The van der Waals surface area contributed by atoms with Crippen LogP contribution in [0.4, 0.5) is 5.69 Å². The second-order valence-electron chi connectivity index (χ2n) is 7.62. The highest BCUT2D eigenvalue weighted by Crippen LogP contribution is 2.30. The Morgan fingerprint density at radius 1 is 1.24 bits per heavy atom. The number of nitrogens with one attached hydrogen (secondary N) is 3. The molecule has 0 atom stereocenters. The van der Waals surface area contributed by atoms with Crippen LogP contribution >= 0.6 is 0 Å². The van der Waals surface area contributed by atoms with E-state index in [0.717, 1.165) is 34.5 Å². The van der Waals surface area contributed by atoms with Crippen molar-refractivity contribution < 1.29 is 9.53 Å². The van der Waals surface area contributed by atoms with Crippen molar-refractivity contribution in [2.75, 3.05) is 12.4 Å². The number of aromatic amines is 2. The topological polar surface area (TPSA) is 134 Å². The van der Waals surface area contributed by atoms with Gasteiger partial charge in [-0.05, 0) is 25.0 Å². The average Bonchev–Trinajstić information content (AvgIpc) is 3.56. The van der Waals surface area contributed by atoms with Crippen molar-refractivity contribution in [1.82, 2.24) is 30.1 Å². The summed E-state index contributed by atoms with van der Waals surface area (Å²) in [6.45, 7) is 3.88. The summed E-state index contributed by atoms with van der Waals surface area (Å²) >= 11 is 0. The standard InChI is InChI=1S/C23H22N8O2/c1-4-13-7-15-17(9-20(13)33-3)29-22(28-15)21-19(11-26-31-21)30-23(32)14-8-16(27-12(14)2)18-10-24-5-6-25-18/h5-7,9-11H,4,8H2,1-3H3,(H,26,31)(H,28,29)(H,30,32). The normalized spacial score (nSPS) is 13.5. The Bertz CT molecular complexity index is 1370. The summed E-state index contributed by atoms with van der Waals surface area (Å²) in [5.41, 5.74) is 6.45. The molecule has 1 aromatic carbocycles. The Morgan fingerprint density at radius 2 is 2.12 bits per heavy atom. The highest BCUT2D eigenvalue weighted by atomic mass is 16.5. The van der Waals surface area contributed by atoms with Gasteiger partial charge in [-0.1, -0.05) is 6.92 Å². The van der Waals surface area contributed by atoms with E-state index in [2.05, 4.69) is 47.4 Å². The maximum Gasteiger partial charge on any atom is 0.253 e. The van der Waals surface area contributed by atoms with Crippen LogP contribution in [0.25, 0.3) is 22.6 Å². The van der Waals surface area contributed by atoms with Crippen molar-refractivity contribution in [2.45, 2.75) is 26.7 Å². The maximum atomic E-state index is 13.1. The number of fused-ring (bicyclic) bond motifs is 1. The number of aromatic nitrogens is 6. The van der Waals surface area contributed by atoms with Crippen molar-refractivity contribution in [3.05, 3.63) is 59.4 Å². The van der Waals surface area contributed by atoms with Crippen LogP contribution in [0.1, 0.15) is 31.5 Å². The van der Waals surface area contributed by atoms with Crippen LogP contribution in [0.5, 0.6) is 5.75 Å². The highest BCUT2D eigenvalue weighted by Gasteiger charge is 2.25. The Morgan fingerprint density at radius 3 is 2.88 bits per heavy atom. The second-order valence-corrected chi connectivity index (χ2v) is 7.62. The molecule has 166 valence electrons. The molecule has 1 aliphatic heterocycles. The first kappa shape index (κ1) is 20.6. The van der Waals surface area contributed by atoms with Crippen LogP contribution in [0.15, 0.2) is 53.2 Å². The fraction of sp³-hybridized carbons (Fsp3) is 0.217. The monoisotopic (exact) mass is 442 g/mol. The van der Waals surface area contributed by atoms with E-state index in [-0.39, 0.29) is 5.91 Å². The fourth-order valence-electron chi connectivity index (χ4n) is 3.87. The molecule has 0 radical (unpaired) electrons. The minimum Gasteiger partial charge on any atom is -0.496 e. The molecule has 0 aliphatic carbocycles. The Labute approximate surface area is 189 Å². The molecule has 3 aromatic heterocycles. The average molecular weight is 442 g/mol. The Hall–Kier alpha value is -4.34. The number of carbonyl (C=O) groups is 1. The van der Waals surface area contributed by atoms with Gasteiger partial charge in [0.25, 0.3) is 5.91 Å². The maximum absolute atomic E-state index is 13.1. The predicted molar refractivity (Wildman–Crippen MR) is 124 cm³/mol. The number of aliphatic imine (C=N–C) groups is 1. The molecule has 3 N–H and O–H groups in total. The minimum absolute atomic E-state index is 0.246. The van der Waals surface area contributed by atoms with Crippen molar-refractivity contribution in [1.29, 1.82) is 0 Å². The van der Waals surface area contributed by atoms with Crippen molar-refractivity contribution in [3.63, 3.8) is 0 Å². The third-order valence-corrected chi connectivity index (χ3v) is 5.61. The Kier molecular flexibility index (Phi) is 5.17. The van der Waals surface area contributed by atoms with Crippen LogP contribution in [0.3, 0.4) is 0 Å². The molecule has 0 saturated heterocycles. The van der Waals surface area contributed by atoms with E-state index in [0.29, 0.717) is 40.6 Å².